The number of benzene rings is 1. The molecule has 0 radical (unpaired) electrons. The van der Waals surface area contributed by atoms with Gasteiger partial charge in [-0.25, -0.2) is 4.98 Å². The second kappa shape index (κ2) is 5.31. The van der Waals surface area contributed by atoms with Crippen LogP contribution in [0.3, 0.4) is 0 Å². The molecule has 2 N–H and O–H groups in total. The number of nitrogens with two attached hydrogens (primary N) is 1. The molecule has 0 amide bonds. The molecule has 1 unspecified atom stereocenters. The van der Waals surface area contributed by atoms with E-state index in [-0.39, 0.29) is 6.10 Å². The fourth-order valence-electron chi connectivity index (χ4n) is 1.70. The molecule has 0 saturated heterocycles. The molecule has 1 heterocycles. The number of hydrogen-bond donors (Lipinski definition) is 1. The first-order valence-corrected chi connectivity index (χ1v) is 6.39. The van der Waals surface area contributed by atoms with Crippen LogP contribution in [-0.4, -0.2) is 16.1 Å². The highest BCUT2D eigenvalue weighted by Crippen LogP contribution is 2.22. The molecule has 1 aromatic carbocycles. The van der Waals surface area contributed by atoms with Crippen molar-refractivity contribution in [2.45, 2.75) is 26.4 Å². The predicted molar refractivity (Wildman–Crippen MR) is 78.0 cm³/mol. The average Bonchev–Trinajstić information content (AvgIpc) is 2.37. The standard InChI is InChI=1S/C14H16N2OS/c1-3-9(2)17-13-8-11(14(15)18)10-6-4-5-7-12(10)16-13/h4-9H,3H2,1-2H3,(H2,15,18). The van der Waals surface area contributed by atoms with Crippen molar-refractivity contribution in [3.8, 4) is 5.88 Å². The highest BCUT2D eigenvalue weighted by molar-refractivity contribution is 7.80. The maximum absolute atomic E-state index is 5.76. The topological polar surface area (TPSA) is 48.1 Å². The van der Waals surface area contributed by atoms with Gasteiger partial charge in [0.2, 0.25) is 5.88 Å². The molecule has 4 heteroatoms. The molecule has 18 heavy (non-hydrogen) atoms. The van der Waals surface area contributed by atoms with Crippen LogP contribution < -0.4 is 10.5 Å². The molecule has 0 bridgehead atoms. The van der Waals surface area contributed by atoms with Gasteiger partial charge in [-0.05, 0) is 19.4 Å². The van der Waals surface area contributed by atoms with Crippen molar-refractivity contribution >= 4 is 28.1 Å². The maximum atomic E-state index is 5.76. The number of fused-ring (bicyclic) bond motifs is 1. The number of rotatable bonds is 4. The lowest BCUT2D eigenvalue weighted by atomic mass is 10.1. The van der Waals surface area contributed by atoms with Crippen molar-refractivity contribution in [2.24, 2.45) is 5.73 Å². The predicted octanol–water partition coefficient (Wildman–Crippen LogP) is 3.05. The summed E-state index contributed by atoms with van der Waals surface area (Å²) in [6.45, 7) is 4.08. The van der Waals surface area contributed by atoms with Crippen LogP contribution in [0.25, 0.3) is 10.9 Å². The molecule has 1 atom stereocenters. The van der Waals surface area contributed by atoms with Gasteiger partial charge in [0.1, 0.15) is 4.99 Å². The van der Waals surface area contributed by atoms with Crippen LogP contribution in [0.2, 0.25) is 0 Å². The van der Waals surface area contributed by atoms with Crippen molar-refractivity contribution in [1.29, 1.82) is 0 Å². The van der Waals surface area contributed by atoms with Gasteiger partial charge in [-0.2, -0.15) is 0 Å². The highest BCUT2D eigenvalue weighted by atomic mass is 32.1. The van der Waals surface area contributed by atoms with E-state index in [2.05, 4.69) is 11.9 Å². The van der Waals surface area contributed by atoms with E-state index in [1.807, 2.05) is 37.3 Å². The van der Waals surface area contributed by atoms with Crippen LogP contribution in [0.4, 0.5) is 0 Å². The minimum Gasteiger partial charge on any atom is -0.475 e. The Hall–Kier alpha value is -1.68. The molecular weight excluding hydrogens is 244 g/mol. The van der Waals surface area contributed by atoms with Gasteiger partial charge in [-0.3, -0.25) is 0 Å². The summed E-state index contributed by atoms with van der Waals surface area (Å²) in [6.07, 6.45) is 1.05. The number of aromatic nitrogens is 1. The van der Waals surface area contributed by atoms with E-state index in [0.717, 1.165) is 22.9 Å². The van der Waals surface area contributed by atoms with Gasteiger partial charge in [0.05, 0.1) is 11.6 Å². The van der Waals surface area contributed by atoms with E-state index in [9.17, 15) is 0 Å². The third-order valence-corrected chi connectivity index (χ3v) is 3.07. The molecule has 0 spiro atoms. The summed E-state index contributed by atoms with van der Waals surface area (Å²) in [4.78, 5) is 4.83. The number of nitrogens with zero attached hydrogens (tertiary/aromatic N) is 1. The van der Waals surface area contributed by atoms with E-state index in [1.165, 1.54) is 0 Å². The van der Waals surface area contributed by atoms with Crippen molar-refractivity contribution in [2.75, 3.05) is 0 Å². The summed E-state index contributed by atoms with van der Waals surface area (Å²) in [7, 11) is 0. The first-order chi connectivity index (χ1) is 8.61. The molecule has 1 aromatic heterocycles. The van der Waals surface area contributed by atoms with E-state index in [1.54, 1.807) is 0 Å². The van der Waals surface area contributed by atoms with Crippen LogP contribution in [0.15, 0.2) is 30.3 Å². The van der Waals surface area contributed by atoms with Gasteiger partial charge in [-0.1, -0.05) is 37.3 Å². The van der Waals surface area contributed by atoms with Crippen molar-refractivity contribution < 1.29 is 4.74 Å². The smallest absolute Gasteiger partial charge is 0.214 e. The van der Waals surface area contributed by atoms with E-state index >= 15 is 0 Å². The zero-order chi connectivity index (χ0) is 13.1. The Morgan fingerprint density at radius 3 is 2.83 bits per heavy atom. The number of thiocarbonyl (C=S) groups is 1. The van der Waals surface area contributed by atoms with Crippen LogP contribution in [-0.2, 0) is 0 Å². The SMILES string of the molecule is CCC(C)Oc1cc(C(N)=S)c2ccccc2n1. The summed E-state index contributed by atoms with van der Waals surface area (Å²) in [6, 6.07) is 9.59. The maximum Gasteiger partial charge on any atom is 0.214 e. The fraction of sp³-hybridized carbons (Fsp3) is 0.286. The lowest BCUT2D eigenvalue weighted by Gasteiger charge is -2.13. The van der Waals surface area contributed by atoms with Crippen LogP contribution in [0, 0.1) is 0 Å². The van der Waals surface area contributed by atoms with Gasteiger partial charge >= 0.3 is 0 Å². The van der Waals surface area contributed by atoms with Gasteiger partial charge in [0, 0.05) is 17.0 Å². The van der Waals surface area contributed by atoms with Crippen LogP contribution >= 0.6 is 12.2 Å². The summed E-state index contributed by atoms with van der Waals surface area (Å²) < 4.78 is 5.74. The number of pyridine rings is 1. The summed E-state index contributed by atoms with van der Waals surface area (Å²) in [5.41, 5.74) is 7.42. The van der Waals surface area contributed by atoms with Crippen LogP contribution in [0.1, 0.15) is 25.8 Å². The van der Waals surface area contributed by atoms with E-state index < -0.39 is 0 Å². The third kappa shape index (κ3) is 2.59. The molecule has 0 fully saturated rings. The average molecular weight is 260 g/mol. The van der Waals surface area contributed by atoms with E-state index in [0.29, 0.717) is 10.9 Å². The zero-order valence-electron chi connectivity index (χ0n) is 10.5. The monoisotopic (exact) mass is 260 g/mol. The summed E-state index contributed by atoms with van der Waals surface area (Å²) >= 11 is 5.09. The minimum absolute atomic E-state index is 0.123. The number of para-hydroxylation sites is 1. The Balaban J connectivity index is 2.54. The molecule has 0 aliphatic rings. The molecule has 3 nitrogen and oxygen atoms in total. The number of hydrogen-bond acceptors (Lipinski definition) is 3. The molecule has 94 valence electrons. The highest BCUT2D eigenvalue weighted by Gasteiger charge is 2.10. The van der Waals surface area contributed by atoms with Crippen molar-refractivity contribution in [1.82, 2.24) is 4.98 Å². The van der Waals surface area contributed by atoms with Crippen molar-refractivity contribution in [3.05, 3.63) is 35.9 Å². The first kappa shape index (κ1) is 12.8. The molecule has 0 aliphatic carbocycles. The Kier molecular flexibility index (Phi) is 3.77. The summed E-state index contributed by atoms with van der Waals surface area (Å²) in [5.74, 6) is 0.575. The van der Waals surface area contributed by atoms with Crippen LogP contribution in [0.5, 0.6) is 5.88 Å². The molecular formula is C14H16N2OS. The Bertz CT molecular complexity index is 583. The van der Waals surface area contributed by atoms with E-state index in [4.69, 9.17) is 22.7 Å². The Morgan fingerprint density at radius 2 is 2.17 bits per heavy atom. The second-order valence-corrected chi connectivity index (χ2v) is 4.67. The van der Waals surface area contributed by atoms with Gasteiger partial charge in [0.15, 0.2) is 0 Å². The van der Waals surface area contributed by atoms with Gasteiger partial charge < -0.3 is 10.5 Å². The zero-order valence-corrected chi connectivity index (χ0v) is 11.3. The first-order valence-electron chi connectivity index (χ1n) is 5.98. The number of ether oxygens (including phenoxy) is 1. The quantitative estimate of drug-likeness (QED) is 0.858. The Morgan fingerprint density at radius 1 is 1.44 bits per heavy atom. The Labute approximate surface area is 112 Å². The second-order valence-electron chi connectivity index (χ2n) is 4.23. The lowest BCUT2D eigenvalue weighted by Crippen LogP contribution is -2.14. The normalized spacial score (nSPS) is 12.3. The summed E-state index contributed by atoms with van der Waals surface area (Å²) in [5, 5.41) is 0.960. The molecule has 2 aromatic rings. The minimum atomic E-state index is 0.123. The molecule has 2 rings (SSSR count). The third-order valence-electron chi connectivity index (χ3n) is 2.85. The largest absolute Gasteiger partial charge is 0.475 e. The molecule has 0 aliphatic heterocycles. The van der Waals surface area contributed by atoms with Gasteiger partial charge in [-0.15, -0.1) is 0 Å². The van der Waals surface area contributed by atoms with Crippen molar-refractivity contribution in [3.63, 3.8) is 0 Å². The fourth-order valence-corrected chi connectivity index (χ4v) is 1.87. The lowest BCUT2D eigenvalue weighted by molar-refractivity contribution is 0.209. The van der Waals surface area contributed by atoms with Gasteiger partial charge in [0.25, 0.3) is 0 Å². The molecule has 0 saturated carbocycles.